The Morgan fingerprint density at radius 3 is 1.41 bits per heavy atom. The number of anilines is 2. The van der Waals surface area contributed by atoms with Gasteiger partial charge in [-0.2, -0.15) is 4.58 Å². The van der Waals surface area contributed by atoms with Crippen molar-refractivity contribution in [1.29, 1.82) is 0 Å². The zero-order valence-corrected chi connectivity index (χ0v) is 27.6. The van der Waals surface area contributed by atoms with Gasteiger partial charge >= 0.3 is 0 Å². The summed E-state index contributed by atoms with van der Waals surface area (Å²) in [6, 6.07) is 17.1. The highest BCUT2D eigenvalue weighted by molar-refractivity contribution is 6.12. The van der Waals surface area contributed by atoms with E-state index in [4.69, 9.17) is 0 Å². The number of aliphatic hydroxyl groups is 2. The normalized spacial score (nSPS) is 23.5. The van der Waals surface area contributed by atoms with Crippen molar-refractivity contribution in [2.45, 2.75) is 77.7 Å². The number of para-hydroxylation sites is 2. The summed E-state index contributed by atoms with van der Waals surface area (Å²) in [6.07, 6.45) is 8.18. The van der Waals surface area contributed by atoms with Crippen molar-refractivity contribution < 1.29 is 14.8 Å². The first-order valence-corrected chi connectivity index (χ1v) is 15.5. The van der Waals surface area contributed by atoms with E-state index in [1.54, 1.807) is 18.4 Å². The van der Waals surface area contributed by atoms with Gasteiger partial charge in [-0.05, 0) is 62.1 Å². The van der Waals surface area contributed by atoms with Gasteiger partial charge in [0.05, 0.1) is 0 Å². The third kappa shape index (κ3) is 5.12. The fourth-order valence-electron chi connectivity index (χ4n) is 7.18. The van der Waals surface area contributed by atoms with E-state index in [2.05, 4.69) is 138 Å². The maximum atomic E-state index is 11.5. The lowest BCUT2D eigenvalue weighted by atomic mass is 9.83. The summed E-state index contributed by atoms with van der Waals surface area (Å²) in [4.78, 5) is 4.53. The number of hydrogen-bond donors (Lipinski definition) is 2. The van der Waals surface area contributed by atoms with Crippen molar-refractivity contribution in [3.63, 3.8) is 0 Å². The van der Waals surface area contributed by atoms with Crippen LogP contribution in [0, 0.1) is 0 Å². The van der Waals surface area contributed by atoms with Crippen LogP contribution in [0.2, 0.25) is 0 Å². The quantitative estimate of drug-likeness (QED) is 0.208. The molecule has 1 fully saturated rings. The van der Waals surface area contributed by atoms with Gasteiger partial charge in [0, 0.05) is 70.0 Å². The maximum Gasteiger partial charge on any atom is 0.280 e. The number of likely N-dealkylation sites (N-methyl/N-ethyl adjacent to an activating group) is 2. The lowest BCUT2D eigenvalue weighted by molar-refractivity contribution is -0.655. The van der Waals surface area contributed by atoms with Crippen LogP contribution in [-0.2, 0) is 10.8 Å². The first-order valence-electron chi connectivity index (χ1n) is 15.5. The summed E-state index contributed by atoms with van der Waals surface area (Å²) in [5, 5.41) is 22.9. The topological polar surface area (TPSA) is 50.0 Å². The van der Waals surface area contributed by atoms with E-state index >= 15 is 0 Å². The molecule has 230 valence electrons. The van der Waals surface area contributed by atoms with E-state index in [-0.39, 0.29) is 10.8 Å². The lowest BCUT2D eigenvalue weighted by Gasteiger charge is -2.24. The van der Waals surface area contributed by atoms with E-state index in [1.165, 1.54) is 33.9 Å². The molecular weight excluding hydrogens is 542 g/mol. The molecular formula is C39H48N3O2+. The predicted molar refractivity (Wildman–Crippen MR) is 184 cm³/mol. The first-order chi connectivity index (χ1) is 20.7. The molecule has 2 aliphatic heterocycles. The number of benzene rings is 2. The van der Waals surface area contributed by atoms with E-state index in [1.807, 2.05) is 0 Å². The van der Waals surface area contributed by atoms with Crippen molar-refractivity contribution >= 4 is 17.1 Å². The molecule has 2 unspecified atom stereocenters. The highest BCUT2D eigenvalue weighted by atomic mass is 16.3. The Bertz CT molecular complexity index is 1560. The van der Waals surface area contributed by atoms with Gasteiger partial charge < -0.3 is 20.0 Å². The van der Waals surface area contributed by atoms with E-state index < -0.39 is 12.5 Å². The second-order valence-corrected chi connectivity index (χ2v) is 13.6. The Morgan fingerprint density at radius 2 is 1.07 bits per heavy atom. The molecule has 2 N–H and O–H groups in total. The smallest absolute Gasteiger partial charge is 0.280 e. The molecule has 0 amide bonds. The number of aliphatic hydroxyl groups excluding tert-OH is 2. The van der Waals surface area contributed by atoms with Crippen LogP contribution in [0.15, 0.2) is 120 Å². The maximum absolute atomic E-state index is 11.5. The lowest BCUT2D eigenvalue weighted by Crippen LogP contribution is -2.41. The number of allylic oxidation sites excluding steroid dienone is 8. The van der Waals surface area contributed by atoms with E-state index in [0.717, 1.165) is 29.7 Å². The standard InChI is InChI=1S/C39H48N3O2/c1-25(2)36(43)42(37(44)26(3)4)35-27(21-23-33-38(5,6)29-15-11-13-17-31(29)40(33)9)19-20-28(35)22-24-34-39(7,8)30-16-12-14-18-32(30)41(34)10/h11-18,21-24,36-37,43-44H,1,3,19-20H2,2,4-10H3/q+1. The van der Waals surface area contributed by atoms with Crippen molar-refractivity contribution in [2.24, 2.45) is 0 Å². The molecule has 5 heteroatoms. The Balaban J connectivity index is 1.67. The third-order valence-corrected chi connectivity index (χ3v) is 9.70. The van der Waals surface area contributed by atoms with Gasteiger partial charge in [0.1, 0.15) is 0 Å². The summed E-state index contributed by atoms with van der Waals surface area (Å²) in [5.74, 6) is 0. The minimum absolute atomic E-state index is 0.161. The van der Waals surface area contributed by atoms with Crippen LogP contribution >= 0.6 is 0 Å². The SMILES string of the molecule is C=C(C)C(O)[N+](=C1C(=CC=C2N(C)c3ccccc3C2(C)C)CC/C1=C\C=C1\N(C)c2ccccc2C1(C)C)C(O)C(=C)C. The van der Waals surface area contributed by atoms with E-state index in [9.17, 15) is 10.2 Å². The van der Waals surface area contributed by atoms with Crippen molar-refractivity contribution in [3.05, 3.63) is 131 Å². The van der Waals surface area contributed by atoms with Gasteiger partial charge in [0.15, 0.2) is 0 Å². The van der Waals surface area contributed by atoms with E-state index in [0.29, 0.717) is 11.1 Å². The van der Waals surface area contributed by atoms with Gasteiger partial charge in [0.2, 0.25) is 5.71 Å². The summed E-state index contributed by atoms with van der Waals surface area (Å²) in [6.45, 7) is 20.7. The number of rotatable bonds is 6. The molecule has 0 aromatic heterocycles. The summed E-state index contributed by atoms with van der Waals surface area (Å²) < 4.78 is 1.68. The Morgan fingerprint density at radius 1 is 0.705 bits per heavy atom. The largest absolute Gasteiger partial charge is 0.347 e. The molecule has 2 atom stereocenters. The Labute approximate surface area is 263 Å². The monoisotopic (exact) mass is 590 g/mol. The summed E-state index contributed by atoms with van der Waals surface area (Å²) in [5.41, 5.74) is 11.2. The Kier molecular flexibility index (Phi) is 8.25. The van der Waals surface area contributed by atoms with Crippen LogP contribution < -0.4 is 9.80 Å². The minimum atomic E-state index is -1.08. The molecule has 3 aliphatic rings. The fraction of sp³-hybridized carbons (Fsp3) is 0.359. The summed E-state index contributed by atoms with van der Waals surface area (Å²) >= 11 is 0. The minimum Gasteiger partial charge on any atom is -0.347 e. The van der Waals surface area contributed by atoms with Gasteiger partial charge in [-0.25, -0.2) is 0 Å². The van der Waals surface area contributed by atoms with Crippen LogP contribution in [-0.4, -0.2) is 47.1 Å². The van der Waals surface area contributed by atoms with Gasteiger partial charge in [-0.15, -0.1) is 0 Å². The zero-order chi connectivity index (χ0) is 32.1. The molecule has 5 nitrogen and oxygen atoms in total. The highest BCUT2D eigenvalue weighted by Gasteiger charge is 2.41. The molecule has 44 heavy (non-hydrogen) atoms. The van der Waals surface area contributed by atoms with Crippen molar-refractivity contribution in [2.75, 3.05) is 23.9 Å². The van der Waals surface area contributed by atoms with Crippen molar-refractivity contribution in [3.8, 4) is 0 Å². The molecule has 2 aromatic rings. The first kappa shape index (κ1) is 31.5. The molecule has 1 saturated carbocycles. The predicted octanol–water partition coefficient (Wildman–Crippen LogP) is 7.50. The zero-order valence-electron chi connectivity index (χ0n) is 27.6. The third-order valence-electron chi connectivity index (χ3n) is 9.70. The molecule has 5 rings (SSSR count). The van der Waals surface area contributed by atoms with Crippen LogP contribution in [0.4, 0.5) is 11.4 Å². The highest BCUT2D eigenvalue weighted by Crippen LogP contribution is 2.48. The second kappa shape index (κ2) is 11.5. The molecule has 2 aromatic carbocycles. The Hall–Kier alpha value is -3.93. The summed E-state index contributed by atoms with van der Waals surface area (Å²) in [7, 11) is 4.24. The molecule has 0 spiro atoms. The molecule has 0 radical (unpaired) electrons. The molecule has 0 saturated heterocycles. The molecule has 2 heterocycles. The van der Waals surface area contributed by atoms with Crippen LogP contribution in [0.1, 0.15) is 65.5 Å². The molecule has 0 bridgehead atoms. The van der Waals surface area contributed by atoms with Gasteiger partial charge in [-0.3, -0.25) is 0 Å². The van der Waals surface area contributed by atoms with Crippen LogP contribution in [0.3, 0.4) is 0 Å². The van der Waals surface area contributed by atoms with Gasteiger partial charge in [0.25, 0.3) is 12.5 Å². The van der Waals surface area contributed by atoms with Crippen LogP contribution in [0.25, 0.3) is 0 Å². The van der Waals surface area contributed by atoms with Crippen LogP contribution in [0.5, 0.6) is 0 Å². The number of fused-ring (bicyclic) bond motifs is 2. The fourth-order valence-corrected chi connectivity index (χ4v) is 7.18. The second-order valence-electron chi connectivity index (χ2n) is 13.6. The van der Waals surface area contributed by atoms with Crippen molar-refractivity contribution in [1.82, 2.24) is 0 Å². The van der Waals surface area contributed by atoms with Gasteiger partial charge in [-0.1, -0.05) is 89.4 Å². The average Bonchev–Trinajstić information content (AvgIpc) is 3.53. The number of hydrogen-bond acceptors (Lipinski definition) is 4. The molecule has 1 aliphatic carbocycles. The number of nitrogens with zero attached hydrogens (tertiary/aromatic N) is 3. The average molecular weight is 591 g/mol.